The Morgan fingerprint density at radius 1 is 1.19 bits per heavy atom. The second kappa shape index (κ2) is 9.02. The number of rotatable bonds is 7. The van der Waals surface area contributed by atoms with Crippen LogP contribution >= 0.6 is 0 Å². The number of hydrogen-bond donors (Lipinski definition) is 1. The average Bonchev–Trinajstić information content (AvgIpc) is 3.27. The van der Waals surface area contributed by atoms with Crippen LogP contribution < -0.4 is 5.32 Å². The van der Waals surface area contributed by atoms with Gasteiger partial charge >= 0.3 is 5.97 Å². The Labute approximate surface area is 189 Å². The molecule has 3 rings (SSSR count). The Hall–Kier alpha value is -2.74. The highest BCUT2D eigenvalue weighted by atomic mass is 16.8. The van der Waals surface area contributed by atoms with E-state index >= 15 is 0 Å². The third-order valence-corrected chi connectivity index (χ3v) is 5.29. The van der Waals surface area contributed by atoms with Crippen molar-refractivity contribution in [1.82, 2.24) is 15.5 Å². The Kier molecular flexibility index (Phi) is 6.74. The van der Waals surface area contributed by atoms with Gasteiger partial charge in [0.05, 0.1) is 12.0 Å². The minimum Gasteiger partial charge on any atom is -0.432 e. The predicted octanol–water partition coefficient (Wildman–Crippen LogP) is 4.28. The molecule has 0 saturated carbocycles. The molecular formula is C24H33N3O5. The zero-order valence-electron chi connectivity index (χ0n) is 19.8. The smallest absolute Gasteiger partial charge is 0.338 e. The number of amides is 1. The van der Waals surface area contributed by atoms with Crippen LogP contribution in [0.15, 0.2) is 34.9 Å². The number of aromatic nitrogens is 2. The Morgan fingerprint density at radius 3 is 2.38 bits per heavy atom. The van der Waals surface area contributed by atoms with Gasteiger partial charge in [-0.15, -0.1) is 0 Å². The molecule has 1 fully saturated rings. The van der Waals surface area contributed by atoms with Crippen LogP contribution in [-0.4, -0.2) is 33.9 Å². The summed E-state index contributed by atoms with van der Waals surface area (Å²) in [6.07, 6.45) is -0.488. The quantitative estimate of drug-likeness (QED) is 0.637. The molecule has 1 aromatic carbocycles. The molecule has 2 aromatic rings. The summed E-state index contributed by atoms with van der Waals surface area (Å²) < 4.78 is 16.6. The normalized spacial score (nSPS) is 20.1. The molecule has 2 unspecified atom stereocenters. The number of carbonyl (C=O) groups is 2. The van der Waals surface area contributed by atoms with Crippen molar-refractivity contribution in [3.05, 3.63) is 36.2 Å². The van der Waals surface area contributed by atoms with E-state index < -0.39 is 35.2 Å². The van der Waals surface area contributed by atoms with E-state index in [2.05, 4.69) is 15.5 Å². The number of esters is 1. The fraction of sp³-hybridized carbons (Fsp3) is 0.583. The minimum absolute atomic E-state index is 0.175. The van der Waals surface area contributed by atoms with Crippen LogP contribution in [-0.2, 0) is 19.1 Å². The lowest BCUT2D eigenvalue weighted by molar-refractivity contribution is -0.162. The molecular weight excluding hydrogens is 410 g/mol. The molecule has 3 atom stereocenters. The Bertz CT molecular complexity index is 946. The highest BCUT2D eigenvalue weighted by molar-refractivity contribution is 5.88. The number of nitrogens with zero attached hydrogens (tertiary/aromatic N) is 2. The lowest BCUT2D eigenvalue weighted by atomic mass is 9.84. The van der Waals surface area contributed by atoms with E-state index in [0.717, 1.165) is 5.56 Å². The van der Waals surface area contributed by atoms with Crippen LogP contribution in [0.25, 0.3) is 11.5 Å². The molecule has 1 aliphatic heterocycles. The van der Waals surface area contributed by atoms with Gasteiger partial charge in [0, 0.05) is 19.4 Å². The van der Waals surface area contributed by atoms with Gasteiger partial charge in [-0.1, -0.05) is 58.0 Å². The Morgan fingerprint density at radius 2 is 1.84 bits per heavy atom. The third-order valence-electron chi connectivity index (χ3n) is 5.29. The zero-order chi connectivity index (χ0) is 23.7. The number of nitrogens with one attached hydrogen (secondary N) is 1. The van der Waals surface area contributed by atoms with Crippen molar-refractivity contribution < 1.29 is 23.6 Å². The van der Waals surface area contributed by atoms with Gasteiger partial charge in [0.25, 0.3) is 5.89 Å². The molecule has 1 saturated heterocycles. The van der Waals surface area contributed by atoms with Crippen molar-refractivity contribution in [2.75, 3.05) is 0 Å². The van der Waals surface area contributed by atoms with Crippen molar-refractivity contribution in [1.29, 1.82) is 0 Å². The van der Waals surface area contributed by atoms with Gasteiger partial charge in [0.1, 0.15) is 0 Å². The number of hydrogen-bond acceptors (Lipinski definition) is 7. The lowest BCUT2D eigenvalue weighted by Gasteiger charge is -2.31. The predicted molar refractivity (Wildman–Crippen MR) is 118 cm³/mol. The third kappa shape index (κ3) is 5.54. The first-order valence-electron chi connectivity index (χ1n) is 11.0. The molecule has 1 aliphatic rings. The second-order valence-corrected chi connectivity index (χ2v) is 10.2. The lowest BCUT2D eigenvalue weighted by Crippen LogP contribution is -2.45. The van der Waals surface area contributed by atoms with Crippen LogP contribution in [0, 0.1) is 17.3 Å². The van der Waals surface area contributed by atoms with E-state index in [-0.39, 0.29) is 11.8 Å². The maximum absolute atomic E-state index is 13.4. The van der Waals surface area contributed by atoms with Gasteiger partial charge in [-0.05, 0) is 29.9 Å². The molecule has 174 valence electrons. The van der Waals surface area contributed by atoms with E-state index in [1.54, 1.807) is 13.8 Å². The molecule has 1 N–H and O–H groups in total. The summed E-state index contributed by atoms with van der Waals surface area (Å²) >= 11 is 0. The number of carbonyl (C=O) groups excluding carboxylic acids is 2. The van der Waals surface area contributed by atoms with E-state index in [4.69, 9.17) is 14.0 Å². The largest absolute Gasteiger partial charge is 0.432 e. The van der Waals surface area contributed by atoms with E-state index in [1.807, 2.05) is 65.0 Å². The molecule has 0 radical (unpaired) electrons. The fourth-order valence-electron chi connectivity index (χ4n) is 3.77. The Balaban J connectivity index is 1.86. The first-order chi connectivity index (χ1) is 14.9. The van der Waals surface area contributed by atoms with Gasteiger partial charge < -0.3 is 19.3 Å². The van der Waals surface area contributed by atoms with Crippen LogP contribution in [0.3, 0.4) is 0 Å². The van der Waals surface area contributed by atoms with Crippen LogP contribution in [0.5, 0.6) is 0 Å². The maximum atomic E-state index is 13.4. The van der Waals surface area contributed by atoms with Crippen molar-refractivity contribution in [2.45, 2.75) is 72.8 Å². The molecule has 2 heterocycles. The zero-order valence-corrected chi connectivity index (χ0v) is 19.8. The van der Waals surface area contributed by atoms with Gasteiger partial charge in [-0.25, -0.2) is 4.79 Å². The maximum Gasteiger partial charge on any atom is 0.338 e. The molecule has 32 heavy (non-hydrogen) atoms. The summed E-state index contributed by atoms with van der Waals surface area (Å²) in [5.74, 6) is -1.64. The first-order valence-corrected chi connectivity index (χ1v) is 11.0. The highest BCUT2D eigenvalue weighted by Gasteiger charge is 2.48. The minimum atomic E-state index is -1.06. The summed E-state index contributed by atoms with van der Waals surface area (Å²) in [5, 5.41) is 7.20. The van der Waals surface area contributed by atoms with Crippen molar-refractivity contribution in [3.8, 4) is 11.5 Å². The summed E-state index contributed by atoms with van der Waals surface area (Å²) in [4.78, 5) is 30.4. The average molecular weight is 444 g/mol. The monoisotopic (exact) mass is 443 g/mol. The van der Waals surface area contributed by atoms with Gasteiger partial charge in [0.2, 0.25) is 11.7 Å². The van der Waals surface area contributed by atoms with E-state index in [9.17, 15) is 9.59 Å². The van der Waals surface area contributed by atoms with E-state index in [0.29, 0.717) is 18.1 Å². The fourth-order valence-corrected chi connectivity index (χ4v) is 3.77. The van der Waals surface area contributed by atoms with Gasteiger partial charge in [-0.2, -0.15) is 4.98 Å². The van der Waals surface area contributed by atoms with Crippen LogP contribution in [0.1, 0.15) is 66.8 Å². The molecule has 0 bridgehead atoms. The molecule has 1 amide bonds. The summed E-state index contributed by atoms with van der Waals surface area (Å²) in [6, 6.07) is 8.92. The van der Waals surface area contributed by atoms with Gasteiger partial charge in [0.15, 0.2) is 11.9 Å². The molecule has 1 aromatic heterocycles. The SMILES string of the molecule is CC(C)C[C@@H](C(=O)NC(c1noc(-c2ccccc2)n1)C(C)(C)C)C1OC(C)(C)OC1=O. The number of cyclic esters (lactones) is 1. The first kappa shape index (κ1) is 23.9. The molecule has 0 aliphatic carbocycles. The molecule has 8 nitrogen and oxygen atoms in total. The standard InChI is InChI=1S/C24H33N3O5/c1-14(2)13-16(17-22(29)31-24(6,7)30-17)20(28)25-18(23(3,4)5)19-26-21(32-27-19)15-11-9-8-10-12-15/h8-12,14,16-18H,13H2,1-7H3,(H,25,28)/t16-,17?,18?/m1/s1. The van der Waals surface area contributed by atoms with E-state index in [1.165, 1.54) is 0 Å². The summed E-state index contributed by atoms with van der Waals surface area (Å²) in [6.45, 7) is 13.3. The van der Waals surface area contributed by atoms with Crippen molar-refractivity contribution in [2.24, 2.45) is 17.3 Å². The summed E-state index contributed by atoms with van der Waals surface area (Å²) in [5.41, 5.74) is 0.388. The number of benzene rings is 1. The number of ether oxygens (including phenoxy) is 2. The van der Waals surface area contributed by atoms with Crippen LogP contribution in [0.2, 0.25) is 0 Å². The van der Waals surface area contributed by atoms with Gasteiger partial charge in [-0.3, -0.25) is 4.79 Å². The highest BCUT2D eigenvalue weighted by Crippen LogP contribution is 2.35. The second-order valence-electron chi connectivity index (χ2n) is 10.2. The van der Waals surface area contributed by atoms with Crippen molar-refractivity contribution >= 4 is 11.9 Å². The van der Waals surface area contributed by atoms with Crippen LogP contribution in [0.4, 0.5) is 0 Å². The van der Waals surface area contributed by atoms with Crippen molar-refractivity contribution in [3.63, 3.8) is 0 Å². The molecule has 8 heteroatoms. The molecule has 0 spiro atoms. The topological polar surface area (TPSA) is 104 Å². The summed E-state index contributed by atoms with van der Waals surface area (Å²) in [7, 11) is 0.